The summed E-state index contributed by atoms with van der Waals surface area (Å²) in [6, 6.07) is 9.72. The molecule has 2 nitrogen and oxygen atoms in total. The Labute approximate surface area is 122 Å². The van der Waals surface area contributed by atoms with Gasteiger partial charge >= 0.3 is 6.18 Å². The van der Waals surface area contributed by atoms with Crippen LogP contribution in [-0.4, -0.2) is 16.9 Å². The first kappa shape index (κ1) is 15.8. The van der Waals surface area contributed by atoms with Gasteiger partial charge in [-0.3, -0.25) is 0 Å². The van der Waals surface area contributed by atoms with Crippen LogP contribution in [0.25, 0.3) is 0 Å². The van der Waals surface area contributed by atoms with Gasteiger partial charge in [0.1, 0.15) is 0 Å². The maximum atomic E-state index is 12.3. The van der Waals surface area contributed by atoms with Gasteiger partial charge in [-0.25, -0.2) is 0 Å². The van der Waals surface area contributed by atoms with E-state index in [1.54, 1.807) is 0 Å². The third kappa shape index (κ3) is 3.21. The molecule has 0 spiro atoms. The molecule has 0 radical (unpaired) electrons. The number of benzene rings is 1. The van der Waals surface area contributed by atoms with Crippen molar-refractivity contribution >= 4 is 0 Å². The Bertz CT molecular complexity index is 532. The fraction of sp³-hybridized carbons (Fsp3) is 0.562. The fourth-order valence-electron chi connectivity index (χ4n) is 3.07. The highest BCUT2D eigenvalue weighted by Gasteiger charge is 2.51. The van der Waals surface area contributed by atoms with Crippen LogP contribution in [0.15, 0.2) is 24.3 Å². The molecule has 1 aromatic rings. The standard InChI is InChI=1S/C16H18F3NO/c1-14(21,7-4-8-16(17,18)19)15(11-20)9-12-5-2-3-6-13(12)10-15/h2-3,5-6,21H,4,7-10H2,1H3. The van der Waals surface area contributed by atoms with E-state index in [1.165, 1.54) is 6.92 Å². The second-order valence-corrected chi connectivity index (χ2v) is 6.06. The maximum absolute atomic E-state index is 12.3. The van der Waals surface area contributed by atoms with Gasteiger partial charge in [-0.2, -0.15) is 18.4 Å². The topological polar surface area (TPSA) is 44.0 Å². The van der Waals surface area contributed by atoms with Crippen molar-refractivity contribution in [3.63, 3.8) is 0 Å². The van der Waals surface area contributed by atoms with Gasteiger partial charge in [-0.05, 0) is 43.7 Å². The van der Waals surface area contributed by atoms with E-state index in [0.717, 1.165) is 11.1 Å². The van der Waals surface area contributed by atoms with Gasteiger partial charge < -0.3 is 5.11 Å². The maximum Gasteiger partial charge on any atom is 0.389 e. The van der Waals surface area contributed by atoms with Crippen molar-refractivity contribution < 1.29 is 18.3 Å². The average Bonchev–Trinajstić information content (AvgIpc) is 2.77. The normalized spacial score (nSPS) is 19.6. The summed E-state index contributed by atoms with van der Waals surface area (Å²) in [6.07, 6.45) is -4.59. The summed E-state index contributed by atoms with van der Waals surface area (Å²) in [5.74, 6) is 0. The lowest BCUT2D eigenvalue weighted by atomic mass is 9.69. The molecule has 0 aromatic heterocycles. The molecule has 21 heavy (non-hydrogen) atoms. The van der Waals surface area contributed by atoms with Crippen molar-refractivity contribution in [3.05, 3.63) is 35.4 Å². The Hall–Kier alpha value is -1.54. The van der Waals surface area contributed by atoms with E-state index in [4.69, 9.17) is 0 Å². The molecule has 1 unspecified atom stereocenters. The van der Waals surface area contributed by atoms with Crippen LogP contribution in [0, 0.1) is 16.7 Å². The van der Waals surface area contributed by atoms with Crippen LogP contribution in [0.5, 0.6) is 0 Å². The third-order valence-electron chi connectivity index (χ3n) is 4.47. The van der Waals surface area contributed by atoms with E-state index >= 15 is 0 Å². The molecule has 0 amide bonds. The van der Waals surface area contributed by atoms with Crippen LogP contribution in [-0.2, 0) is 12.8 Å². The van der Waals surface area contributed by atoms with Gasteiger partial charge in [0.15, 0.2) is 0 Å². The summed E-state index contributed by atoms with van der Waals surface area (Å²) < 4.78 is 36.8. The summed E-state index contributed by atoms with van der Waals surface area (Å²) in [6.45, 7) is 1.48. The second-order valence-electron chi connectivity index (χ2n) is 6.06. The summed E-state index contributed by atoms with van der Waals surface area (Å²) in [5.41, 5.74) is -0.487. The Morgan fingerprint density at radius 3 is 2.14 bits per heavy atom. The van der Waals surface area contributed by atoms with Crippen LogP contribution in [0.4, 0.5) is 13.2 Å². The number of rotatable bonds is 4. The van der Waals surface area contributed by atoms with Gasteiger partial charge in [-0.15, -0.1) is 0 Å². The van der Waals surface area contributed by atoms with Crippen molar-refractivity contribution in [2.45, 2.75) is 50.8 Å². The number of hydrogen-bond donors (Lipinski definition) is 1. The Kier molecular flexibility index (Phi) is 4.03. The Morgan fingerprint density at radius 2 is 1.71 bits per heavy atom. The number of nitrogens with zero attached hydrogens (tertiary/aromatic N) is 1. The molecule has 0 aliphatic heterocycles. The van der Waals surface area contributed by atoms with Crippen LogP contribution in [0.2, 0.25) is 0 Å². The Balaban J connectivity index is 2.13. The lowest BCUT2D eigenvalue weighted by Gasteiger charge is -2.37. The summed E-state index contributed by atoms with van der Waals surface area (Å²) >= 11 is 0. The number of aliphatic hydroxyl groups is 1. The zero-order chi connectivity index (χ0) is 15.7. The van der Waals surface area contributed by atoms with Crippen molar-refractivity contribution in [2.75, 3.05) is 0 Å². The monoisotopic (exact) mass is 297 g/mol. The molecule has 0 saturated carbocycles. The predicted octanol–water partition coefficient (Wildman–Crippen LogP) is 3.78. The minimum absolute atomic E-state index is 0.0337. The molecule has 1 N–H and O–H groups in total. The van der Waals surface area contributed by atoms with E-state index in [0.29, 0.717) is 12.8 Å². The summed E-state index contributed by atoms with van der Waals surface area (Å²) in [4.78, 5) is 0. The molecular weight excluding hydrogens is 279 g/mol. The third-order valence-corrected chi connectivity index (χ3v) is 4.47. The molecule has 5 heteroatoms. The minimum atomic E-state index is -4.23. The highest BCUT2D eigenvalue weighted by molar-refractivity contribution is 5.39. The molecule has 1 aliphatic rings. The van der Waals surface area contributed by atoms with Crippen LogP contribution < -0.4 is 0 Å². The lowest BCUT2D eigenvalue weighted by molar-refractivity contribution is -0.139. The number of hydrogen-bond acceptors (Lipinski definition) is 2. The van der Waals surface area contributed by atoms with E-state index in [9.17, 15) is 23.5 Å². The second kappa shape index (κ2) is 5.34. The van der Waals surface area contributed by atoms with Crippen LogP contribution >= 0.6 is 0 Å². The van der Waals surface area contributed by atoms with Gasteiger partial charge in [0.2, 0.25) is 0 Å². The van der Waals surface area contributed by atoms with Crippen molar-refractivity contribution in [1.29, 1.82) is 5.26 Å². The van der Waals surface area contributed by atoms with Gasteiger partial charge in [-0.1, -0.05) is 24.3 Å². The fourth-order valence-corrected chi connectivity index (χ4v) is 3.07. The number of halogens is 3. The minimum Gasteiger partial charge on any atom is -0.388 e. The molecule has 0 fully saturated rings. The quantitative estimate of drug-likeness (QED) is 0.919. The highest BCUT2D eigenvalue weighted by atomic mass is 19.4. The zero-order valence-corrected chi connectivity index (χ0v) is 11.9. The van der Waals surface area contributed by atoms with Crippen molar-refractivity contribution in [1.82, 2.24) is 0 Å². The smallest absolute Gasteiger partial charge is 0.388 e. The average molecular weight is 297 g/mol. The predicted molar refractivity (Wildman–Crippen MR) is 72.4 cm³/mol. The van der Waals surface area contributed by atoms with E-state index in [-0.39, 0.29) is 12.8 Å². The first-order chi connectivity index (χ1) is 9.69. The molecule has 1 atom stereocenters. The first-order valence-electron chi connectivity index (χ1n) is 6.96. The first-order valence-corrected chi connectivity index (χ1v) is 6.96. The van der Waals surface area contributed by atoms with Gasteiger partial charge in [0, 0.05) is 6.42 Å². The van der Waals surface area contributed by atoms with Crippen molar-refractivity contribution in [3.8, 4) is 6.07 Å². The van der Waals surface area contributed by atoms with Crippen LogP contribution in [0.1, 0.15) is 37.3 Å². The molecule has 0 saturated heterocycles. The zero-order valence-electron chi connectivity index (χ0n) is 11.9. The van der Waals surface area contributed by atoms with E-state index in [1.807, 2.05) is 24.3 Å². The van der Waals surface area contributed by atoms with E-state index in [2.05, 4.69) is 6.07 Å². The lowest BCUT2D eigenvalue weighted by Crippen LogP contribution is -2.46. The molecule has 1 aliphatic carbocycles. The highest BCUT2D eigenvalue weighted by Crippen LogP contribution is 2.46. The summed E-state index contributed by atoms with van der Waals surface area (Å²) in [5, 5.41) is 20.2. The van der Waals surface area contributed by atoms with Gasteiger partial charge in [0.05, 0.1) is 17.1 Å². The molecule has 0 heterocycles. The number of fused-ring (bicyclic) bond motifs is 1. The number of nitriles is 1. The summed E-state index contributed by atoms with van der Waals surface area (Å²) in [7, 11) is 0. The largest absolute Gasteiger partial charge is 0.389 e. The van der Waals surface area contributed by atoms with Crippen molar-refractivity contribution in [2.24, 2.45) is 5.41 Å². The number of alkyl halides is 3. The molecular formula is C16H18F3NO. The van der Waals surface area contributed by atoms with E-state index < -0.39 is 23.6 Å². The SMILES string of the molecule is CC(O)(CCCC(F)(F)F)C1(C#N)Cc2ccccc2C1. The molecule has 2 rings (SSSR count). The van der Waals surface area contributed by atoms with Gasteiger partial charge in [0.25, 0.3) is 0 Å². The van der Waals surface area contributed by atoms with Crippen LogP contribution in [0.3, 0.4) is 0 Å². The Morgan fingerprint density at radius 1 is 1.19 bits per heavy atom. The molecule has 114 valence electrons. The molecule has 1 aromatic carbocycles. The molecule has 0 bridgehead atoms.